The zero-order valence-corrected chi connectivity index (χ0v) is 17.1. The van der Waals surface area contributed by atoms with Crippen LogP contribution in [0.3, 0.4) is 0 Å². The van der Waals surface area contributed by atoms with Crippen molar-refractivity contribution in [2.24, 2.45) is 0 Å². The van der Waals surface area contributed by atoms with Gasteiger partial charge in [-0.3, -0.25) is 4.79 Å². The van der Waals surface area contributed by atoms with Gasteiger partial charge in [-0.05, 0) is 67.1 Å². The van der Waals surface area contributed by atoms with Crippen LogP contribution in [0.25, 0.3) is 0 Å². The molecule has 0 radical (unpaired) electrons. The van der Waals surface area contributed by atoms with E-state index >= 15 is 0 Å². The molecule has 0 spiro atoms. The third-order valence-electron chi connectivity index (χ3n) is 5.72. The van der Waals surface area contributed by atoms with Crippen LogP contribution in [0.2, 0.25) is 0 Å². The molecule has 1 saturated heterocycles. The van der Waals surface area contributed by atoms with Crippen molar-refractivity contribution in [3.8, 4) is 0 Å². The number of carbonyl (C=O) groups excluding carboxylic acids is 1. The van der Waals surface area contributed by atoms with Gasteiger partial charge in [-0.25, -0.2) is 12.8 Å². The summed E-state index contributed by atoms with van der Waals surface area (Å²) in [6, 6.07) is 11.4. The minimum atomic E-state index is -3.48. The van der Waals surface area contributed by atoms with Gasteiger partial charge in [0, 0.05) is 31.7 Å². The van der Waals surface area contributed by atoms with Crippen molar-refractivity contribution in [2.45, 2.75) is 43.4 Å². The molecule has 2 aromatic carbocycles. The average molecular weight is 417 g/mol. The van der Waals surface area contributed by atoms with Crippen LogP contribution in [0.1, 0.15) is 36.8 Å². The summed E-state index contributed by atoms with van der Waals surface area (Å²) in [5, 5.41) is 0. The maximum atomic E-state index is 13.3. The molecule has 0 atom stereocenters. The summed E-state index contributed by atoms with van der Waals surface area (Å²) >= 11 is 0. The highest BCUT2D eigenvalue weighted by molar-refractivity contribution is 7.89. The largest absolute Gasteiger partial charge is 0.312 e. The Bertz CT molecular complexity index is 1020. The molecule has 2 aliphatic rings. The zero-order chi connectivity index (χ0) is 20.4. The van der Waals surface area contributed by atoms with Gasteiger partial charge in [0.1, 0.15) is 5.82 Å². The van der Waals surface area contributed by atoms with E-state index in [1.54, 1.807) is 33.5 Å². The number of amides is 1. The standard InChI is InChI=1S/C22H25FN2O3S/c23-19-6-4-5-17(15-19)7-10-22(26)25-14-11-18-16-20(8-9-21(18)25)29(27,28)24-12-2-1-3-13-24/h4-6,8-9,15-16H,1-3,7,10-14H2. The van der Waals surface area contributed by atoms with Crippen LogP contribution in [0.15, 0.2) is 47.4 Å². The Morgan fingerprint density at radius 3 is 2.55 bits per heavy atom. The molecule has 4 rings (SSSR count). The Morgan fingerprint density at radius 1 is 1.00 bits per heavy atom. The molecular formula is C22H25FN2O3S. The molecule has 1 fully saturated rings. The summed E-state index contributed by atoms with van der Waals surface area (Å²) in [5.74, 6) is -0.330. The highest BCUT2D eigenvalue weighted by Gasteiger charge is 2.29. The van der Waals surface area contributed by atoms with E-state index in [-0.39, 0.29) is 18.1 Å². The molecule has 1 amide bonds. The van der Waals surface area contributed by atoms with Gasteiger partial charge in [0.05, 0.1) is 4.90 Å². The van der Waals surface area contributed by atoms with E-state index in [0.717, 1.165) is 36.1 Å². The molecule has 0 aliphatic carbocycles. The monoisotopic (exact) mass is 416 g/mol. The smallest absolute Gasteiger partial charge is 0.243 e. The quantitative estimate of drug-likeness (QED) is 0.749. The number of fused-ring (bicyclic) bond motifs is 1. The number of benzene rings is 2. The number of halogens is 1. The number of aryl methyl sites for hydroxylation is 1. The van der Waals surface area contributed by atoms with E-state index in [1.165, 1.54) is 12.1 Å². The number of rotatable bonds is 5. The lowest BCUT2D eigenvalue weighted by Crippen LogP contribution is -2.35. The summed E-state index contributed by atoms with van der Waals surface area (Å²) in [6.07, 6.45) is 4.28. The summed E-state index contributed by atoms with van der Waals surface area (Å²) in [4.78, 5) is 14.7. The first-order valence-corrected chi connectivity index (χ1v) is 11.6. The van der Waals surface area contributed by atoms with Crippen molar-refractivity contribution in [1.82, 2.24) is 4.31 Å². The van der Waals surface area contributed by atoms with E-state index in [1.807, 2.05) is 6.07 Å². The number of hydrogen-bond acceptors (Lipinski definition) is 3. The molecule has 0 N–H and O–H groups in total. The van der Waals surface area contributed by atoms with Gasteiger partial charge in [0.25, 0.3) is 0 Å². The highest BCUT2D eigenvalue weighted by Crippen LogP contribution is 2.32. The molecule has 0 unspecified atom stereocenters. The fraction of sp³-hybridized carbons (Fsp3) is 0.409. The third-order valence-corrected chi connectivity index (χ3v) is 7.61. The van der Waals surface area contributed by atoms with Crippen molar-refractivity contribution in [1.29, 1.82) is 0 Å². The molecule has 2 aromatic rings. The molecule has 2 heterocycles. The molecule has 154 valence electrons. The highest BCUT2D eigenvalue weighted by atomic mass is 32.2. The summed E-state index contributed by atoms with van der Waals surface area (Å²) < 4.78 is 40.7. The third kappa shape index (κ3) is 4.21. The molecule has 5 nitrogen and oxygen atoms in total. The van der Waals surface area contributed by atoms with Crippen LogP contribution in [0, 0.1) is 5.82 Å². The van der Waals surface area contributed by atoms with Crippen LogP contribution < -0.4 is 4.90 Å². The van der Waals surface area contributed by atoms with Crippen molar-refractivity contribution in [3.63, 3.8) is 0 Å². The van der Waals surface area contributed by atoms with Gasteiger partial charge < -0.3 is 4.90 Å². The summed E-state index contributed by atoms with van der Waals surface area (Å²) in [6.45, 7) is 1.69. The van der Waals surface area contributed by atoms with Gasteiger partial charge in [0.15, 0.2) is 0 Å². The Morgan fingerprint density at radius 2 is 1.79 bits per heavy atom. The van der Waals surface area contributed by atoms with Crippen LogP contribution in [-0.4, -0.2) is 38.3 Å². The first kappa shape index (κ1) is 20.0. The van der Waals surface area contributed by atoms with Gasteiger partial charge in [-0.2, -0.15) is 4.31 Å². The average Bonchev–Trinajstić information content (AvgIpc) is 3.16. The van der Waals surface area contributed by atoms with Crippen molar-refractivity contribution < 1.29 is 17.6 Å². The number of nitrogens with zero attached hydrogens (tertiary/aromatic N) is 2. The predicted molar refractivity (Wildman–Crippen MR) is 110 cm³/mol. The topological polar surface area (TPSA) is 57.7 Å². The van der Waals surface area contributed by atoms with E-state index in [2.05, 4.69) is 0 Å². The van der Waals surface area contributed by atoms with Gasteiger partial charge in [-0.1, -0.05) is 18.6 Å². The number of carbonyl (C=O) groups is 1. The molecular weight excluding hydrogens is 391 g/mol. The lowest BCUT2D eigenvalue weighted by atomic mass is 10.1. The lowest BCUT2D eigenvalue weighted by molar-refractivity contribution is -0.118. The number of sulfonamides is 1. The van der Waals surface area contributed by atoms with E-state index < -0.39 is 10.0 Å². The van der Waals surface area contributed by atoms with E-state index in [0.29, 0.717) is 37.4 Å². The van der Waals surface area contributed by atoms with Crippen LogP contribution in [0.5, 0.6) is 0 Å². The summed E-state index contributed by atoms with van der Waals surface area (Å²) in [7, 11) is -3.48. The molecule has 7 heteroatoms. The first-order chi connectivity index (χ1) is 13.9. The molecule has 0 saturated carbocycles. The molecule has 2 aliphatic heterocycles. The van der Waals surface area contributed by atoms with Crippen molar-refractivity contribution in [2.75, 3.05) is 24.5 Å². The van der Waals surface area contributed by atoms with Crippen LogP contribution in [0.4, 0.5) is 10.1 Å². The van der Waals surface area contributed by atoms with Gasteiger partial charge in [-0.15, -0.1) is 0 Å². The maximum absolute atomic E-state index is 13.3. The minimum absolute atomic E-state index is 0.0281. The maximum Gasteiger partial charge on any atom is 0.243 e. The molecule has 0 aromatic heterocycles. The lowest BCUT2D eigenvalue weighted by Gasteiger charge is -2.26. The van der Waals surface area contributed by atoms with Crippen LogP contribution in [-0.2, 0) is 27.7 Å². The Hall–Kier alpha value is -2.25. The SMILES string of the molecule is O=C(CCc1cccc(F)c1)N1CCc2cc(S(=O)(=O)N3CCCCC3)ccc21. The van der Waals surface area contributed by atoms with Crippen LogP contribution >= 0.6 is 0 Å². The fourth-order valence-corrected chi connectivity index (χ4v) is 5.70. The first-order valence-electron chi connectivity index (χ1n) is 10.1. The van der Waals surface area contributed by atoms with Crippen molar-refractivity contribution >= 4 is 21.6 Å². The fourth-order valence-electron chi connectivity index (χ4n) is 4.13. The van der Waals surface area contributed by atoms with E-state index in [9.17, 15) is 17.6 Å². The normalized spacial score (nSPS) is 17.3. The van der Waals surface area contributed by atoms with Gasteiger partial charge >= 0.3 is 0 Å². The Labute approximate surface area is 171 Å². The number of piperidine rings is 1. The van der Waals surface area contributed by atoms with Gasteiger partial charge in [0.2, 0.25) is 15.9 Å². The molecule has 29 heavy (non-hydrogen) atoms. The Kier molecular flexibility index (Phi) is 5.69. The Balaban J connectivity index is 1.47. The second-order valence-electron chi connectivity index (χ2n) is 7.68. The second kappa shape index (κ2) is 8.24. The zero-order valence-electron chi connectivity index (χ0n) is 16.3. The molecule has 0 bridgehead atoms. The number of hydrogen-bond donors (Lipinski definition) is 0. The summed E-state index contributed by atoms with van der Waals surface area (Å²) in [5.41, 5.74) is 2.47. The second-order valence-corrected chi connectivity index (χ2v) is 9.62. The van der Waals surface area contributed by atoms with E-state index in [4.69, 9.17) is 0 Å². The van der Waals surface area contributed by atoms with Crippen molar-refractivity contribution in [3.05, 3.63) is 59.4 Å². The predicted octanol–water partition coefficient (Wildman–Crippen LogP) is 3.52. The number of anilines is 1. The minimum Gasteiger partial charge on any atom is -0.312 e.